The molecule has 11 heteroatoms. The monoisotopic (exact) mass is 422 g/mol. The van der Waals surface area contributed by atoms with Gasteiger partial charge in [-0.15, -0.1) is 21.5 Å². The van der Waals surface area contributed by atoms with Gasteiger partial charge in [-0.3, -0.25) is 9.52 Å². The van der Waals surface area contributed by atoms with E-state index in [0.717, 1.165) is 30.2 Å². The van der Waals surface area contributed by atoms with E-state index in [0.29, 0.717) is 18.7 Å². The summed E-state index contributed by atoms with van der Waals surface area (Å²) in [5, 5.41) is 9.16. The average Bonchev–Trinajstić information content (AvgIpc) is 3.41. The Morgan fingerprint density at radius 1 is 1.21 bits per heavy atom. The molecule has 1 amide bonds. The minimum atomic E-state index is -3.90. The third kappa shape index (κ3) is 3.76. The van der Waals surface area contributed by atoms with Crippen molar-refractivity contribution in [3.8, 4) is 11.5 Å². The van der Waals surface area contributed by atoms with Crippen LogP contribution in [0.25, 0.3) is 11.5 Å². The minimum absolute atomic E-state index is 0.00243. The molecule has 0 aliphatic carbocycles. The number of nitrogens with one attached hydrogen (secondary N) is 1. The summed E-state index contributed by atoms with van der Waals surface area (Å²) in [7, 11) is -3.90. The van der Waals surface area contributed by atoms with Gasteiger partial charge in [-0.25, -0.2) is 12.8 Å². The molecule has 3 aromatic rings. The number of hydrogen-bond donors (Lipinski definition) is 1. The number of halogens is 1. The highest BCUT2D eigenvalue weighted by Crippen LogP contribution is 2.29. The second kappa shape index (κ2) is 7.32. The molecule has 0 saturated carbocycles. The quantitative estimate of drug-likeness (QED) is 0.678. The van der Waals surface area contributed by atoms with E-state index >= 15 is 0 Å². The molecule has 0 bridgehead atoms. The van der Waals surface area contributed by atoms with Crippen molar-refractivity contribution < 1.29 is 22.0 Å². The van der Waals surface area contributed by atoms with Gasteiger partial charge in [-0.2, -0.15) is 0 Å². The van der Waals surface area contributed by atoms with E-state index in [1.807, 2.05) is 0 Å². The van der Waals surface area contributed by atoms with Gasteiger partial charge in [-0.05, 0) is 37.1 Å². The number of carbonyl (C=O) groups excluding carboxylic acids is 1. The van der Waals surface area contributed by atoms with Gasteiger partial charge >= 0.3 is 11.8 Å². The molecule has 8 nitrogen and oxygen atoms in total. The van der Waals surface area contributed by atoms with Gasteiger partial charge in [0.25, 0.3) is 10.0 Å². The molecule has 0 atom stereocenters. The molecule has 1 aromatic carbocycles. The van der Waals surface area contributed by atoms with Crippen LogP contribution in [-0.4, -0.2) is 42.5 Å². The van der Waals surface area contributed by atoms with E-state index < -0.39 is 15.8 Å². The first kappa shape index (κ1) is 18.6. The fourth-order valence-electron chi connectivity index (χ4n) is 2.81. The van der Waals surface area contributed by atoms with Crippen LogP contribution in [0.15, 0.2) is 44.3 Å². The highest BCUT2D eigenvalue weighted by molar-refractivity contribution is 7.94. The Labute approximate surface area is 164 Å². The van der Waals surface area contributed by atoms with Crippen molar-refractivity contribution in [1.82, 2.24) is 15.1 Å². The van der Waals surface area contributed by atoms with Crippen molar-refractivity contribution in [2.75, 3.05) is 17.8 Å². The highest BCUT2D eigenvalue weighted by atomic mass is 32.2. The van der Waals surface area contributed by atoms with Crippen LogP contribution < -0.4 is 4.72 Å². The summed E-state index contributed by atoms with van der Waals surface area (Å²) in [5.74, 6) is -0.934. The Kier molecular flexibility index (Phi) is 4.85. The topological polar surface area (TPSA) is 105 Å². The van der Waals surface area contributed by atoms with Crippen LogP contribution in [0.3, 0.4) is 0 Å². The number of benzene rings is 1. The lowest BCUT2D eigenvalue weighted by molar-refractivity contribution is 0.0754. The number of anilines is 1. The Morgan fingerprint density at radius 2 is 2.00 bits per heavy atom. The Morgan fingerprint density at radius 3 is 2.75 bits per heavy atom. The zero-order valence-electron chi connectivity index (χ0n) is 14.5. The van der Waals surface area contributed by atoms with Crippen molar-refractivity contribution in [2.45, 2.75) is 17.1 Å². The molecular formula is C17H15FN4O4S2. The summed E-state index contributed by atoms with van der Waals surface area (Å²) in [6.07, 6.45) is 1.88. The van der Waals surface area contributed by atoms with Gasteiger partial charge in [-0.1, -0.05) is 6.07 Å². The van der Waals surface area contributed by atoms with Gasteiger partial charge in [0.2, 0.25) is 5.89 Å². The molecular weight excluding hydrogens is 407 g/mol. The highest BCUT2D eigenvalue weighted by Gasteiger charge is 2.26. The number of nitrogens with zero attached hydrogens (tertiary/aromatic N) is 3. The number of carbonyl (C=O) groups is 1. The first-order valence-electron chi connectivity index (χ1n) is 8.42. The normalized spacial score (nSPS) is 14.4. The maximum Gasteiger partial charge on any atom is 0.311 e. The molecule has 1 N–H and O–H groups in total. The maximum absolute atomic E-state index is 13.3. The van der Waals surface area contributed by atoms with E-state index in [4.69, 9.17) is 4.42 Å². The molecule has 146 valence electrons. The first-order valence-corrected chi connectivity index (χ1v) is 10.8. The Balaban J connectivity index is 1.53. The summed E-state index contributed by atoms with van der Waals surface area (Å²) in [6.45, 7) is 1.31. The van der Waals surface area contributed by atoms with Crippen LogP contribution in [-0.2, 0) is 10.0 Å². The number of hydrogen-bond acceptors (Lipinski definition) is 7. The van der Waals surface area contributed by atoms with Crippen LogP contribution in [0.5, 0.6) is 0 Å². The molecule has 1 aliphatic heterocycles. The van der Waals surface area contributed by atoms with E-state index in [2.05, 4.69) is 14.9 Å². The van der Waals surface area contributed by atoms with E-state index in [9.17, 15) is 17.6 Å². The van der Waals surface area contributed by atoms with Crippen molar-refractivity contribution in [3.63, 3.8) is 0 Å². The van der Waals surface area contributed by atoms with Crippen LogP contribution >= 0.6 is 11.3 Å². The smallest absolute Gasteiger partial charge is 0.311 e. The van der Waals surface area contributed by atoms with Crippen molar-refractivity contribution in [2.24, 2.45) is 0 Å². The van der Waals surface area contributed by atoms with Crippen LogP contribution in [0.2, 0.25) is 0 Å². The number of rotatable bonds is 5. The maximum atomic E-state index is 13.3. The first-order chi connectivity index (χ1) is 13.4. The predicted octanol–water partition coefficient (Wildman–Crippen LogP) is 2.97. The number of sulfonamides is 1. The number of amides is 1. The van der Waals surface area contributed by atoms with Crippen molar-refractivity contribution in [1.29, 1.82) is 0 Å². The van der Waals surface area contributed by atoms with E-state index in [1.54, 1.807) is 4.90 Å². The molecule has 3 heterocycles. The zero-order valence-corrected chi connectivity index (χ0v) is 16.1. The van der Waals surface area contributed by atoms with Gasteiger partial charge in [0.15, 0.2) is 0 Å². The molecule has 1 fully saturated rings. The third-order valence-corrected chi connectivity index (χ3v) is 6.99. The van der Waals surface area contributed by atoms with E-state index in [-0.39, 0.29) is 27.6 Å². The van der Waals surface area contributed by atoms with Crippen LogP contribution in [0, 0.1) is 5.82 Å². The van der Waals surface area contributed by atoms with Crippen LogP contribution in [0.1, 0.15) is 23.5 Å². The molecule has 1 aliphatic rings. The molecule has 0 spiro atoms. The summed E-state index contributed by atoms with van der Waals surface area (Å²) >= 11 is 0.950. The molecule has 0 unspecified atom stereocenters. The third-order valence-electron chi connectivity index (χ3n) is 4.17. The lowest BCUT2D eigenvalue weighted by atomic mass is 10.3. The molecule has 2 aromatic heterocycles. The molecule has 28 heavy (non-hydrogen) atoms. The predicted molar refractivity (Wildman–Crippen MR) is 100.0 cm³/mol. The van der Waals surface area contributed by atoms with E-state index in [1.165, 1.54) is 29.6 Å². The summed E-state index contributed by atoms with van der Waals surface area (Å²) < 4.78 is 46.0. The number of thiophene rings is 1. The van der Waals surface area contributed by atoms with Crippen molar-refractivity contribution in [3.05, 3.63) is 47.4 Å². The number of aromatic nitrogens is 2. The zero-order chi connectivity index (χ0) is 19.7. The summed E-state index contributed by atoms with van der Waals surface area (Å²) in [6, 6.07) is 6.52. The summed E-state index contributed by atoms with van der Waals surface area (Å²) in [5.41, 5.74) is 0.504. The fourth-order valence-corrected chi connectivity index (χ4v) is 5.01. The largest absolute Gasteiger partial charge is 0.412 e. The standard InChI is InChI=1S/C17H15FN4O4S2/c18-12-4-3-5-13(9-12)21-28(24,25)14-8-11(10-27-14)15-19-20-16(26-15)17(23)22-6-1-2-7-22/h3-5,8-10,21H,1-2,6-7H2. The lowest BCUT2D eigenvalue weighted by Gasteiger charge is -2.11. The second-order valence-electron chi connectivity index (χ2n) is 6.18. The van der Waals surface area contributed by atoms with Gasteiger partial charge in [0.05, 0.1) is 11.3 Å². The molecule has 4 rings (SSSR count). The minimum Gasteiger partial charge on any atom is -0.412 e. The molecule has 0 radical (unpaired) electrons. The number of likely N-dealkylation sites (tertiary alicyclic amines) is 1. The lowest BCUT2D eigenvalue weighted by Crippen LogP contribution is -2.27. The molecule has 1 saturated heterocycles. The van der Waals surface area contributed by atoms with Gasteiger partial charge < -0.3 is 9.32 Å². The SMILES string of the molecule is O=C(c1nnc(-c2csc(S(=O)(=O)Nc3cccc(F)c3)c2)o1)N1CCCC1. The Hall–Kier alpha value is -2.79. The Bertz CT molecular complexity index is 1120. The van der Waals surface area contributed by atoms with Crippen LogP contribution in [0.4, 0.5) is 10.1 Å². The summed E-state index contributed by atoms with van der Waals surface area (Å²) in [4.78, 5) is 13.9. The van der Waals surface area contributed by atoms with Gasteiger partial charge in [0, 0.05) is 18.5 Å². The fraction of sp³-hybridized carbons (Fsp3) is 0.235. The van der Waals surface area contributed by atoms with Crippen molar-refractivity contribution >= 4 is 33.0 Å². The average molecular weight is 422 g/mol. The second-order valence-corrected chi connectivity index (χ2v) is 9.00. The van der Waals surface area contributed by atoms with Gasteiger partial charge in [0.1, 0.15) is 10.0 Å².